The van der Waals surface area contributed by atoms with Gasteiger partial charge in [-0.1, -0.05) is 6.92 Å². The normalized spacial score (nSPS) is 63.5. The Kier molecular flexibility index (Phi) is 1.34. The number of aliphatic hydroxyl groups is 1. The molecule has 0 aliphatic heterocycles. The third kappa shape index (κ3) is 0.608. The number of hydrogen-bond donors (Lipinski definition) is 1. The average molecular weight is 182 g/mol. The highest BCUT2D eigenvalue weighted by atomic mass is 16.5. The van der Waals surface area contributed by atoms with E-state index in [1.165, 1.54) is 12.8 Å². The summed E-state index contributed by atoms with van der Waals surface area (Å²) in [5, 5.41) is 10.0. The van der Waals surface area contributed by atoms with Crippen LogP contribution in [0, 0.1) is 16.7 Å². The Morgan fingerprint density at radius 3 is 2.69 bits per heavy atom. The van der Waals surface area contributed by atoms with Gasteiger partial charge in [0, 0.05) is 17.9 Å². The largest absolute Gasteiger partial charge is 0.393 e. The fraction of sp³-hybridized carbons (Fsp3) is 1.00. The van der Waals surface area contributed by atoms with Gasteiger partial charge in [0.15, 0.2) is 0 Å². The summed E-state index contributed by atoms with van der Waals surface area (Å²) in [5.41, 5.74) is 0.590. The second kappa shape index (κ2) is 2.12. The summed E-state index contributed by atoms with van der Waals surface area (Å²) in [5.74, 6) is 0.758. The van der Waals surface area contributed by atoms with Crippen LogP contribution in [0.5, 0.6) is 0 Å². The van der Waals surface area contributed by atoms with E-state index >= 15 is 0 Å². The lowest BCUT2D eigenvalue weighted by molar-refractivity contribution is 0.0239. The maximum absolute atomic E-state index is 10.0. The number of aliphatic hydroxyl groups excluding tert-OH is 1. The van der Waals surface area contributed by atoms with Gasteiger partial charge < -0.3 is 9.84 Å². The fourth-order valence-corrected chi connectivity index (χ4v) is 4.75. The first kappa shape index (κ1) is 8.25. The number of hydrogen-bond acceptors (Lipinski definition) is 2. The molecule has 2 heteroatoms. The van der Waals surface area contributed by atoms with E-state index in [-0.39, 0.29) is 11.5 Å². The molecule has 0 aromatic carbocycles. The molecular weight excluding hydrogens is 164 g/mol. The summed E-state index contributed by atoms with van der Waals surface area (Å²) in [6.07, 6.45) is 4.96. The summed E-state index contributed by atoms with van der Waals surface area (Å²) in [7, 11) is 1.81. The molecule has 5 atom stereocenters. The molecule has 0 aromatic heterocycles. The van der Waals surface area contributed by atoms with Gasteiger partial charge in [0.25, 0.3) is 0 Å². The second-order valence-corrected chi connectivity index (χ2v) is 5.23. The van der Waals surface area contributed by atoms with E-state index in [9.17, 15) is 5.11 Å². The Bertz CT molecular complexity index is 252. The zero-order chi connectivity index (χ0) is 9.27. The van der Waals surface area contributed by atoms with Crippen LogP contribution in [0.3, 0.4) is 0 Å². The summed E-state index contributed by atoms with van der Waals surface area (Å²) in [6, 6.07) is 0. The van der Waals surface area contributed by atoms with E-state index in [1.807, 2.05) is 7.11 Å². The van der Waals surface area contributed by atoms with Crippen molar-refractivity contribution < 1.29 is 9.84 Å². The standard InChI is InChI=1S/C11H18O2/c1-10-7-3-4-8(12)11(7,10)6-5-9(10)13-2/h7-9,12H,3-6H2,1-2H3. The van der Waals surface area contributed by atoms with E-state index in [2.05, 4.69) is 6.92 Å². The van der Waals surface area contributed by atoms with Gasteiger partial charge >= 0.3 is 0 Å². The summed E-state index contributed by atoms with van der Waals surface area (Å²) >= 11 is 0. The molecule has 0 aromatic rings. The number of ether oxygens (including phenoxy) is 1. The second-order valence-electron chi connectivity index (χ2n) is 5.23. The molecule has 2 nitrogen and oxygen atoms in total. The maximum Gasteiger partial charge on any atom is 0.0634 e. The van der Waals surface area contributed by atoms with Crippen LogP contribution in [0.25, 0.3) is 0 Å². The number of rotatable bonds is 1. The molecule has 3 aliphatic rings. The molecule has 0 amide bonds. The first-order valence-corrected chi connectivity index (χ1v) is 5.39. The van der Waals surface area contributed by atoms with Gasteiger partial charge in [-0.15, -0.1) is 0 Å². The van der Waals surface area contributed by atoms with Crippen molar-refractivity contribution in [3.05, 3.63) is 0 Å². The summed E-state index contributed by atoms with van der Waals surface area (Å²) in [6.45, 7) is 2.32. The zero-order valence-electron chi connectivity index (χ0n) is 8.42. The Hall–Kier alpha value is -0.0800. The topological polar surface area (TPSA) is 29.5 Å². The van der Waals surface area contributed by atoms with Crippen LogP contribution in [0.2, 0.25) is 0 Å². The van der Waals surface area contributed by atoms with Gasteiger partial charge in [0.2, 0.25) is 0 Å². The Morgan fingerprint density at radius 2 is 2.08 bits per heavy atom. The van der Waals surface area contributed by atoms with E-state index < -0.39 is 0 Å². The van der Waals surface area contributed by atoms with Crippen LogP contribution in [0.15, 0.2) is 0 Å². The van der Waals surface area contributed by atoms with E-state index in [0.29, 0.717) is 11.5 Å². The minimum atomic E-state index is -0.0392. The lowest BCUT2D eigenvalue weighted by atomic mass is 9.89. The first-order valence-electron chi connectivity index (χ1n) is 5.39. The van der Waals surface area contributed by atoms with Gasteiger partial charge in [-0.25, -0.2) is 0 Å². The van der Waals surface area contributed by atoms with Crippen molar-refractivity contribution in [1.29, 1.82) is 0 Å². The van der Waals surface area contributed by atoms with Crippen LogP contribution in [0.1, 0.15) is 32.6 Å². The lowest BCUT2D eigenvalue weighted by Gasteiger charge is -2.23. The van der Waals surface area contributed by atoms with Gasteiger partial charge in [-0.3, -0.25) is 0 Å². The summed E-state index contributed by atoms with van der Waals surface area (Å²) in [4.78, 5) is 0. The lowest BCUT2D eigenvalue weighted by Crippen LogP contribution is -2.27. The molecule has 0 heterocycles. The SMILES string of the molecule is COC1CCC23C(O)CCC2C13C. The fourth-order valence-electron chi connectivity index (χ4n) is 4.75. The van der Waals surface area contributed by atoms with E-state index in [4.69, 9.17) is 4.74 Å². The molecule has 3 rings (SSSR count). The number of methoxy groups -OCH3 is 1. The highest BCUT2D eigenvalue weighted by molar-refractivity contribution is 5.31. The van der Waals surface area contributed by atoms with Crippen molar-refractivity contribution in [1.82, 2.24) is 0 Å². The van der Waals surface area contributed by atoms with Gasteiger partial charge in [-0.2, -0.15) is 0 Å². The van der Waals surface area contributed by atoms with Crippen molar-refractivity contribution in [2.45, 2.75) is 44.8 Å². The van der Waals surface area contributed by atoms with Crippen molar-refractivity contribution in [2.75, 3.05) is 7.11 Å². The Balaban J connectivity index is 1.97. The zero-order valence-corrected chi connectivity index (χ0v) is 8.42. The van der Waals surface area contributed by atoms with E-state index in [0.717, 1.165) is 18.8 Å². The van der Waals surface area contributed by atoms with Crippen molar-refractivity contribution in [3.8, 4) is 0 Å². The molecule has 3 aliphatic carbocycles. The molecule has 1 N–H and O–H groups in total. The molecular formula is C11H18O2. The van der Waals surface area contributed by atoms with Gasteiger partial charge in [0.05, 0.1) is 12.2 Å². The smallest absolute Gasteiger partial charge is 0.0634 e. The average Bonchev–Trinajstić information content (AvgIpc) is 2.45. The summed E-state index contributed by atoms with van der Waals surface area (Å²) < 4.78 is 5.54. The molecule has 5 unspecified atom stereocenters. The quantitative estimate of drug-likeness (QED) is 0.667. The van der Waals surface area contributed by atoms with E-state index in [1.54, 1.807) is 0 Å². The Morgan fingerprint density at radius 1 is 1.31 bits per heavy atom. The molecule has 0 radical (unpaired) electrons. The molecule has 3 fully saturated rings. The van der Waals surface area contributed by atoms with Crippen molar-refractivity contribution >= 4 is 0 Å². The predicted molar refractivity (Wildman–Crippen MR) is 49.3 cm³/mol. The van der Waals surface area contributed by atoms with Crippen molar-refractivity contribution in [3.63, 3.8) is 0 Å². The van der Waals surface area contributed by atoms with Crippen LogP contribution in [-0.4, -0.2) is 24.4 Å². The molecule has 0 saturated heterocycles. The molecule has 3 saturated carbocycles. The first-order chi connectivity index (χ1) is 6.18. The monoisotopic (exact) mass is 182 g/mol. The van der Waals surface area contributed by atoms with Crippen molar-refractivity contribution in [2.24, 2.45) is 16.7 Å². The highest BCUT2D eigenvalue weighted by Crippen LogP contribution is 2.83. The molecule has 13 heavy (non-hydrogen) atoms. The highest BCUT2D eigenvalue weighted by Gasteiger charge is 2.83. The maximum atomic E-state index is 10.0. The molecule has 0 bridgehead atoms. The predicted octanol–water partition coefficient (Wildman–Crippen LogP) is 1.57. The van der Waals surface area contributed by atoms with Crippen LogP contribution >= 0.6 is 0 Å². The van der Waals surface area contributed by atoms with Gasteiger partial charge in [0.1, 0.15) is 0 Å². The molecule has 1 spiro atoms. The van der Waals surface area contributed by atoms with Gasteiger partial charge in [-0.05, 0) is 31.6 Å². The van der Waals surface area contributed by atoms with Crippen LogP contribution in [-0.2, 0) is 4.74 Å². The van der Waals surface area contributed by atoms with Crippen LogP contribution in [0.4, 0.5) is 0 Å². The number of fused-ring (bicyclic) bond motifs is 1. The third-order valence-electron chi connectivity index (χ3n) is 5.36. The minimum absolute atomic E-state index is 0.0392. The molecule has 74 valence electrons. The third-order valence-corrected chi connectivity index (χ3v) is 5.36. The minimum Gasteiger partial charge on any atom is -0.393 e. The Labute approximate surface area is 79.3 Å². The van der Waals surface area contributed by atoms with Crippen LogP contribution < -0.4 is 0 Å².